The van der Waals surface area contributed by atoms with Crippen LogP contribution in [-0.2, 0) is 19.8 Å². The number of unbranched alkanes of at least 4 members (excludes halogenated alkanes) is 11. The molecule has 1 amide bonds. The summed E-state index contributed by atoms with van der Waals surface area (Å²) in [4.78, 5) is 27.1. The quantitative estimate of drug-likeness (QED) is 0.0354. The molecule has 0 aliphatic heterocycles. The zero-order chi connectivity index (χ0) is 39.2. The molecule has 1 N–H and O–H groups in total. The Morgan fingerprint density at radius 3 is 1.51 bits per heavy atom. The number of hydrogen-bond donors (Lipinski definition) is 1. The molecule has 4 rings (SSSR count). The van der Waals surface area contributed by atoms with Crippen molar-refractivity contribution in [1.82, 2.24) is 5.32 Å². The number of nitrogens with one attached hydrogen (secondary N) is 1. The second-order valence-corrected chi connectivity index (χ2v) is 15.3. The zero-order valence-electron chi connectivity index (χ0n) is 33.6. The molecule has 6 heteroatoms. The number of esters is 1. The van der Waals surface area contributed by atoms with Gasteiger partial charge in [0.25, 0.3) is 0 Å². The van der Waals surface area contributed by atoms with Gasteiger partial charge in [-0.1, -0.05) is 186 Å². The fourth-order valence-corrected chi connectivity index (χ4v) is 6.84. The topological polar surface area (TPSA) is 73.9 Å². The molecule has 0 aliphatic rings. The van der Waals surface area contributed by atoms with Crippen molar-refractivity contribution in [3.63, 3.8) is 0 Å². The van der Waals surface area contributed by atoms with Gasteiger partial charge in [-0.15, -0.1) is 0 Å². The van der Waals surface area contributed by atoms with Gasteiger partial charge in [0, 0.05) is 0 Å². The van der Waals surface area contributed by atoms with Crippen LogP contribution in [0.15, 0.2) is 133 Å². The van der Waals surface area contributed by atoms with Crippen molar-refractivity contribution in [3.05, 3.63) is 156 Å². The molecule has 55 heavy (non-hydrogen) atoms. The van der Waals surface area contributed by atoms with Crippen molar-refractivity contribution in [2.24, 2.45) is 0 Å². The molecule has 0 radical (unpaired) electrons. The summed E-state index contributed by atoms with van der Waals surface area (Å²) in [6.45, 7) is 7.72. The van der Waals surface area contributed by atoms with Crippen LogP contribution >= 0.6 is 0 Å². The molecule has 2 unspecified atom stereocenters. The molecule has 0 spiro atoms. The smallest absolute Gasteiger partial charge is 0.408 e. The van der Waals surface area contributed by atoms with Crippen LogP contribution in [0.5, 0.6) is 0 Å². The molecule has 4 aromatic carbocycles. The third kappa shape index (κ3) is 14.5. The highest BCUT2D eigenvalue weighted by molar-refractivity contribution is 5.89. The zero-order valence-corrected chi connectivity index (χ0v) is 33.6. The summed E-state index contributed by atoms with van der Waals surface area (Å²) in [5, 5.41) is 3.04. The lowest BCUT2D eigenvalue weighted by atomic mass is 9.80. The summed E-state index contributed by atoms with van der Waals surface area (Å²) in [7, 11) is 0. The minimum absolute atomic E-state index is 0.00650. The van der Waals surface area contributed by atoms with Crippen LogP contribution in [0, 0.1) is 0 Å². The lowest BCUT2D eigenvalue weighted by Crippen LogP contribution is -2.50. The Morgan fingerprint density at radius 2 is 1.05 bits per heavy atom. The van der Waals surface area contributed by atoms with E-state index in [1.807, 2.05) is 87.5 Å². The molecule has 4 aromatic rings. The number of carbonyl (C=O) groups excluding carboxylic acids is 2. The van der Waals surface area contributed by atoms with Crippen LogP contribution in [0.3, 0.4) is 0 Å². The highest BCUT2D eigenvalue weighted by Gasteiger charge is 2.40. The molecule has 0 aliphatic carbocycles. The first-order valence-corrected chi connectivity index (χ1v) is 20.5. The Bertz CT molecular complexity index is 1570. The summed E-state index contributed by atoms with van der Waals surface area (Å²) >= 11 is 0. The van der Waals surface area contributed by atoms with E-state index < -0.39 is 35.4 Å². The van der Waals surface area contributed by atoms with Crippen molar-refractivity contribution in [3.8, 4) is 0 Å². The van der Waals surface area contributed by atoms with Gasteiger partial charge in [0.2, 0.25) is 0 Å². The van der Waals surface area contributed by atoms with E-state index >= 15 is 0 Å². The van der Waals surface area contributed by atoms with Gasteiger partial charge < -0.3 is 19.5 Å². The maximum atomic E-state index is 13.6. The Kier molecular flexibility index (Phi) is 18.2. The number of carbonyl (C=O) groups is 2. The minimum Gasteiger partial charge on any atom is -0.452 e. The van der Waals surface area contributed by atoms with Gasteiger partial charge in [0.05, 0.1) is 18.2 Å². The Hall–Kier alpha value is -4.68. The van der Waals surface area contributed by atoms with Crippen molar-refractivity contribution in [1.29, 1.82) is 0 Å². The van der Waals surface area contributed by atoms with Crippen molar-refractivity contribution in [2.45, 2.75) is 128 Å². The Balaban J connectivity index is 1.60. The summed E-state index contributed by atoms with van der Waals surface area (Å²) in [6, 6.07) is 38.4. The maximum Gasteiger partial charge on any atom is 0.408 e. The summed E-state index contributed by atoms with van der Waals surface area (Å²) in [5.41, 5.74) is 1.41. The summed E-state index contributed by atoms with van der Waals surface area (Å²) in [6.07, 6.45) is 17.3. The fourth-order valence-electron chi connectivity index (χ4n) is 6.84. The monoisotopic (exact) mass is 745 g/mol. The van der Waals surface area contributed by atoms with E-state index in [2.05, 4.69) is 54.7 Å². The largest absolute Gasteiger partial charge is 0.452 e. The number of rotatable bonds is 23. The van der Waals surface area contributed by atoms with E-state index in [1.54, 1.807) is 24.3 Å². The highest BCUT2D eigenvalue weighted by atomic mass is 16.6. The van der Waals surface area contributed by atoms with E-state index in [0.717, 1.165) is 36.0 Å². The summed E-state index contributed by atoms with van der Waals surface area (Å²) < 4.78 is 19.2. The number of ether oxygens (including phenoxy) is 3. The first kappa shape index (κ1) is 43.1. The number of alkyl carbamates (subject to hydrolysis) is 1. The third-order valence-electron chi connectivity index (χ3n) is 9.67. The van der Waals surface area contributed by atoms with Crippen LogP contribution in [-0.4, -0.2) is 36.4 Å². The molecule has 0 saturated carbocycles. The van der Waals surface area contributed by atoms with Crippen molar-refractivity contribution in [2.75, 3.05) is 6.61 Å². The average molecular weight is 746 g/mol. The lowest BCUT2D eigenvalue weighted by molar-refractivity contribution is -0.0275. The molecule has 6 nitrogen and oxygen atoms in total. The lowest BCUT2D eigenvalue weighted by Gasteiger charge is -2.38. The highest BCUT2D eigenvalue weighted by Crippen LogP contribution is 2.40. The van der Waals surface area contributed by atoms with E-state index in [1.165, 1.54) is 57.8 Å². The molecule has 0 aromatic heterocycles. The Morgan fingerprint density at radius 1 is 0.618 bits per heavy atom. The van der Waals surface area contributed by atoms with E-state index in [4.69, 9.17) is 14.2 Å². The SMILES string of the molecule is CCCCCCCCCCCCCC=CC(OC(=O)c1ccccc1)C(COC(c1ccccc1)(c1ccccc1)c1ccccc1)NC(=O)OC(C)(C)C. The van der Waals surface area contributed by atoms with E-state index in [9.17, 15) is 9.59 Å². The van der Waals surface area contributed by atoms with Gasteiger partial charge >= 0.3 is 12.1 Å². The van der Waals surface area contributed by atoms with Crippen molar-refractivity contribution >= 4 is 12.1 Å². The first-order valence-electron chi connectivity index (χ1n) is 20.5. The van der Waals surface area contributed by atoms with Gasteiger partial charge in [-0.2, -0.15) is 0 Å². The van der Waals surface area contributed by atoms with Crippen LogP contribution in [0.4, 0.5) is 4.79 Å². The molecule has 294 valence electrons. The molecule has 0 heterocycles. The predicted octanol–water partition coefficient (Wildman–Crippen LogP) is 12.4. The number of benzene rings is 4. The standard InChI is InChI=1S/C49H63NO5/c1-5-6-7-8-9-10-11-12-13-14-15-16-29-38-45(54-46(51)40-30-21-17-22-31-40)44(50-47(52)55-48(2,3)4)39-53-49(41-32-23-18-24-33-41,42-34-25-19-26-35-42)43-36-27-20-28-37-43/h17-38,44-45H,5-16,39H2,1-4H3,(H,50,52). The van der Waals surface area contributed by atoms with E-state index in [0.29, 0.717) is 5.56 Å². The third-order valence-corrected chi connectivity index (χ3v) is 9.67. The van der Waals surface area contributed by atoms with Gasteiger partial charge in [0.15, 0.2) is 0 Å². The number of amides is 1. The molecule has 0 fully saturated rings. The van der Waals surface area contributed by atoms with Gasteiger partial charge in [0.1, 0.15) is 17.3 Å². The minimum atomic E-state index is -1.05. The Labute approximate surface area is 330 Å². The van der Waals surface area contributed by atoms with Gasteiger partial charge in [-0.25, -0.2) is 9.59 Å². The van der Waals surface area contributed by atoms with Crippen LogP contribution < -0.4 is 5.32 Å². The molecule has 2 atom stereocenters. The van der Waals surface area contributed by atoms with Gasteiger partial charge in [-0.05, 0) is 68.5 Å². The van der Waals surface area contributed by atoms with Crippen LogP contribution in [0.2, 0.25) is 0 Å². The van der Waals surface area contributed by atoms with Crippen LogP contribution in [0.1, 0.15) is 132 Å². The van der Waals surface area contributed by atoms with Gasteiger partial charge in [-0.3, -0.25) is 0 Å². The second-order valence-electron chi connectivity index (χ2n) is 15.3. The number of hydrogen-bond acceptors (Lipinski definition) is 5. The molecular weight excluding hydrogens is 683 g/mol. The van der Waals surface area contributed by atoms with Crippen LogP contribution in [0.25, 0.3) is 0 Å². The molecule has 0 bridgehead atoms. The molecular formula is C49H63NO5. The normalized spacial score (nSPS) is 12.9. The first-order chi connectivity index (χ1) is 26.7. The summed E-state index contributed by atoms with van der Waals surface area (Å²) in [5.74, 6) is -0.485. The number of allylic oxidation sites excluding steroid dienone is 1. The average Bonchev–Trinajstić information content (AvgIpc) is 3.20. The van der Waals surface area contributed by atoms with E-state index in [-0.39, 0.29) is 6.61 Å². The molecule has 0 saturated heterocycles. The van der Waals surface area contributed by atoms with Crippen molar-refractivity contribution < 1.29 is 23.8 Å². The maximum absolute atomic E-state index is 13.6. The second kappa shape index (κ2) is 23.3. The predicted molar refractivity (Wildman–Crippen MR) is 224 cm³/mol. The fraction of sp³-hybridized carbons (Fsp3) is 0.429.